The van der Waals surface area contributed by atoms with Crippen LogP contribution in [0, 0.1) is 0 Å². The van der Waals surface area contributed by atoms with Crippen LogP contribution in [0.15, 0.2) is 12.7 Å². The van der Waals surface area contributed by atoms with Crippen molar-refractivity contribution in [2.75, 3.05) is 5.75 Å². The second kappa shape index (κ2) is 8.22. The third kappa shape index (κ3) is 5.98. The Labute approximate surface area is 106 Å². The van der Waals surface area contributed by atoms with Gasteiger partial charge in [0.1, 0.15) is 0 Å². The van der Waals surface area contributed by atoms with Crippen LogP contribution in [0.25, 0.3) is 0 Å². The van der Waals surface area contributed by atoms with E-state index < -0.39 is 0 Å². The van der Waals surface area contributed by atoms with Crippen molar-refractivity contribution in [1.29, 1.82) is 0 Å². The van der Waals surface area contributed by atoms with Gasteiger partial charge in [-0.25, -0.2) is 0 Å². The van der Waals surface area contributed by atoms with E-state index in [1.54, 1.807) is 0 Å². The third-order valence-electron chi connectivity index (χ3n) is 3.55. The van der Waals surface area contributed by atoms with Gasteiger partial charge in [-0.2, -0.15) is 11.8 Å². The fourth-order valence-electron chi connectivity index (χ4n) is 2.36. The quantitative estimate of drug-likeness (QED) is 0.335. The Kier molecular flexibility index (Phi) is 7.27. The largest absolute Gasteiger partial charge is 0.155 e. The second-order valence-electron chi connectivity index (χ2n) is 5.06. The zero-order chi connectivity index (χ0) is 11.7. The summed E-state index contributed by atoms with van der Waals surface area (Å²) in [6.07, 6.45) is 16.3. The van der Waals surface area contributed by atoms with E-state index in [-0.39, 0.29) is 0 Å². The highest BCUT2D eigenvalue weighted by atomic mass is 32.2. The first-order chi connectivity index (χ1) is 7.83. The highest BCUT2D eigenvalue weighted by molar-refractivity contribution is 8.00. The highest BCUT2D eigenvalue weighted by Gasteiger charge is 2.41. The molecule has 0 unspecified atom stereocenters. The summed E-state index contributed by atoms with van der Waals surface area (Å²) in [5.41, 5.74) is 0. The van der Waals surface area contributed by atoms with Crippen LogP contribution < -0.4 is 0 Å². The molecular formula is C15H28S. The molecule has 0 bridgehead atoms. The lowest BCUT2D eigenvalue weighted by molar-refractivity contribution is 0.573. The first-order valence-electron chi connectivity index (χ1n) is 7.08. The average Bonchev–Trinajstić information content (AvgIpc) is 3.03. The number of unbranched alkanes of at least 4 members (excludes halogenated alkanes) is 6. The molecule has 0 aromatic rings. The Morgan fingerprint density at radius 2 is 1.69 bits per heavy atom. The number of rotatable bonds is 11. The predicted molar refractivity (Wildman–Crippen MR) is 77.2 cm³/mol. The van der Waals surface area contributed by atoms with Gasteiger partial charge in [-0.3, -0.25) is 0 Å². The summed E-state index contributed by atoms with van der Waals surface area (Å²) in [5.74, 6) is 1.31. The van der Waals surface area contributed by atoms with E-state index in [9.17, 15) is 0 Å². The van der Waals surface area contributed by atoms with Gasteiger partial charge in [0, 0.05) is 4.75 Å². The molecule has 1 aliphatic rings. The molecule has 0 radical (unpaired) electrons. The number of allylic oxidation sites excluding steroid dienone is 1. The molecule has 1 saturated carbocycles. The van der Waals surface area contributed by atoms with Crippen LogP contribution in [0.2, 0.25) is 0 Å². The van der Waals surface area contributed by atoms with Crippen LogP contribution in [0.4, 0.5) is 0 Å². The summed E-state index contributed by atoms with van der Waals surface area (Å²) in [6, 6.07) is 0. The first-order valence-corrected chi connectivity index (χ1v) is 8.06. The van der Waals surface area contributed by atoms with Crippen LogP contribution >= 0.6 is 11.8 Å². The fraction of sp³-hybridized carbons (Fsp3) is 0.867. The van der Waals surface area contributed by atoms with E-state index in [0.717, 1.165) is 4.75 Å². The second-order valence-corrected chi connectivity index (χ2v) is 6.80. The molecule has 94 valence electrons. The minimum atomic E-state index is 0.748. The summed E-state index contributed by atoms with van der Waals surface area (Å²) in [5, 5.41) is 0. The summed E-state index contributed by atoms with van der Waals surface area (Å²) >= 11 is 2.21. The van der Waals surface area contributed by atoms with Crippen LogP contribution in [-0.4, -0.2) is 10.5 Å². The van der Waals surface area contributed by atoms with Crippen molar-refractivity contribution in [3.05, 3.63) is 12.7 Å². The van der Waals surface area contributed by atoms with Crippen LogP contribution in [0.1, 0.15) is 71.1 Å². The van der Waals surface area contributed by atoms with Gasteiger partial charge in [-0.05, 0) is 37.9 Å². The normalized spacial score (nSPS) is 17.3. The van der Waals surface area contributed by atoms with Gasteiger partial charge in [0.25, 0.3) is 0 Å². The van der Waals surface area contributed by atoms with E-state index in [0.29, 0.717) is 0 Å². The van der Waals surface area contributed by atoms with Gasteiger partial charge in [0.2, 0.25) is 0 Å². The maximum atomic E-state index is 3.76. The fourth-order valence-corrected chi connectivity index (χ4v) is 3.65. The van der Waals surface area contributed by atoms with Crippen molar-refractivity contribution in [3.63, 3.8) is 0 Å². The lowest BCUT2D eigenvalue weighted by Crippen LogP contribution is -2.02. The molecule has 1 fully saturated rings. The molecule has 0 aliphatic heterocycles. The third-order valence-corrected chi connectivity index (χ3v) is 5.06. The van der Waals surface area contributed by atoms with Crippen molar-refractivity contribution >= 4 is 11.8 Å². The van der Waals surface area contributed by atoms with E-state index in [2.05, 4.69) is 25.3 Å². The molecule has 0 spiro atoms. The topological polar surface area (TPSA) is 0 Å². The predicted octanol–water partition coefficient (Wildman–Crippen LogP) is 5.58. The average molecular weight is 240 g/mol. The van der Waals surface area contributed by atoms with Gasteiger partial charge in [0.15, 0.2) is 0 Å². The Balaban J connectivity index is 1.83. The molecular weight excluding hydrogens is 212 g/mol. The van der Waals surface area contributed by atoms with Crippen molar-refractivity contribution in [3.8, 4) is 0 Å². The molecule has 0 heterocycles. The number of hydrogen-bond acceptors (Lipinski definition) is 1. The smallest absolute Gasteiger partial charge is 0.0161 e. The molecule has 0 nitrogen and oxygen atoms in total. The number of hydrogen-bond donors (Lipinski definition) is 0. The zero-order valence-corrected chi connectivity index (χ0v) is 11.8. The van der Waals surface area contributed by atoms with Crippen molar-refractivity contribution in [1.82, 2.24) is 0 Å². The first kappa shape index (κ1) is 14.2. The van der Waals surface area contributed by atoms with Crippen LogP contribution in [-0.2, 0) is 0 Å². The molecule has 1 aliphatic carbocycles. The standard InChI is InChI=1S/C15H28S/c1-3-5-6-7-8-9-10-11-12-15(13-14-15)16-4-2/h3H,1,4-14H2,2H3. The summed E-state index contributed by atoms with van der Waals surface area (Å²) < 4.78 is 0.748. The van der Waals surface area contributed by atoms with E-state index >= 15 is 0 Å². The van der Waals surface area contributed by atoms with Gasteiger partial charge < -0.3 is 0 Å². The molecule has 0 saturated heterocycles. The van der Waals surface area contributed by atoms with Crippen LogP contribution in [0.5, 0.6) is 0 Å². The summed E-state index contributed by atoms with van der Waals surface area (Å²) in [7, 11) is 0. The van der Waals surface area contributed by atoms with E-state index in [1.165, 1.54) is 70.0 Å². The summed E-state index contributed by atoms with van der Waals surface area (Å²) in [4.78, 5) is 0. The zero-order valence-electron chi connectivity index (χ0n) is 11.0. The van der Waals surface area contributed by atoms with Gasteiger partial charge in [0.05, 0.1) is 0 Å². The Morgan fingerprint density at radius 1 is 1.06 bits per heavy atom. The lowest BCUT2D eigenvalue weighted by Gasteiger charge is -2.12. The monoisotopic (exact) mass is 240 g/mol. The molecule has 1 heteroatoms. The van der Waals surface area contributed by atoms with Gasteiger partial charge in [-0.1, -0.05) is 45.1 Å². The van der Waals surface area contributed by atoms with E-state index in [1.807, 2.05) is 6.08 Å². The molecule has 1 rings (SSSR count). The summed E-state index contributed by atoms with van der Waals surface area (Å²) in [6.45, 7) is 6.05. The lowest BCUT2D eigenvalue weighted by atomic mass is 10.1. The van der Waals surface area contributed by atoms with Crippen molar-refractivity contribution in [2.24, 2.45) is 0 Å². The molecule has 0 aromatic heterocycles. The van der Waals surface area contributed by atoms with E-state index in [4.69, 9.17) is 0 Å². The highest BCUT2D eigenvalue weighted by Crippen LogP contribution is 2.51. The SMILES string of the molecule is C=CCCCCCCCCC1(SCC)CC1. The van der Waals surface area contributed by atoms with Crippen molar-refractivity contribution < 1.29 is 0 Å². The van der Waals surface area contributed by atoms with Crippen molar-refractivity contribution in [2.45, 2.75) is 75.9 Å². The molecule has 0 amide bonds. The molecule has 16 heavy (non-hydrogen) atoms. The number of thioether (sulfide) groups is 1. The molecule has 0 aromatic carbocycles. The maximum absolute atomic E-state index is 3.76. The Bertz CT molecular complexity index is 182. The minimum Gasteiger partial charge on any atom is -0.155 e. The molecule has 0 atom stereocenters. The van der Waals surface area contributed by atoms with Gasteiger partial charge in [-0.15, -0.1) is 6.58 Å². The Hall–Kier alpha value is 0.0900. The van der Waals surface area contributed by atoms with Gasteiger partial charge >= 0.3 is 0 Å². The maximum Gasteiger partial charge on any atom is 0.0161 e. The van der Waals surface area contributed by atoms with Crippen LogP contribution in [0.3, 0.4) is 0 Å². The minimum absolute atomic E-state index is 0.748. The molecule has 0 N–H and O–H groups in total. The Morgan fingerprint density at radius 3 is 2.25 bits per heavy atom.